The van der Waals surface area contributed by atoms with Crippen LogP contribution in [0.5, 0.6) is 5.75 Å². The number of ether oxygens (including phenoxy) is 1. The maximum Gasteiger partial charge on any atom is 0.142 e. The van der Waals surface area contributed by atoms with Crippen LogP contribution in [0, 0.1) is 0 Å². The number of aliphatic hydroxyl groups is 2. The maximum absolute atomic E-state index is 8.98. The fourth-order valence-corrected chi connectivity index (χ4v) is 1.25. The van der Waals surface area contributed by atoms with Crippen LogP contribution in [0.4, 0.5) is 5.69 Å². The summed E-state index contributed by atoms with van der Waals surface area (Å²) in [7, 11) is 1.53. The number of benzene rings is 1. The first-order valence-electron chi connectivity index (χ1n) is 4.38. The summed E-state index contributed by atoms with van der Waals surface area (Å²) in [5, 5.41) is 18.0. The third-order valence-corrected chi connectivity index (χ3v) is 2.17. The lowest BCUT2D eigenvalue weighted by Crippen LogP contribution is -2.09. The minimum Gasteiger partial charge on any atom is -0.495 e. The van der Waals surface area contributed by atoms with E-state index < -0.39 is 0 Å². The Morgan fingerprint density at radius 1 is 1.36 bits per heavy atom. The normalized spacial score (nSPS) is 10.6. The number of hydrogen-bond donors (Lipinski definition) is 3. The molecule has 0 amide bonds. The quantitative estimate of drug-likeness (QED) is 0.609. The van der Waals surface area contributed by atoms with E-state index in [-0.39, 0.29) is 19.1 Å². The van der Waals surface area contributed by atoms with E-state index in [9.17, 15) is 0 Å². The Morgan fingerprint density at radius 2 is 2.00 bits per heavy atom. The van der Waals surface area contributed by atoms with Gasteiger partial charge >= 0.3 is 0 Å². The van der Waals surface area contributed by atoms with Crippen LogP contribution >= 0.6 is 0 Å². The van der Waals surface area contributed by atoms with Gasteiger partial charge in [0.05, 0.1) is 26.0 Å². The lowest BCUT2D eigenvalue weighted by atomic mass is 10.0. The molecule has 0 radical (unpaired) electrons. The van der Waals surface area contributed by atoms with Crippen molar-refractivity contribution in [1.82, 2.24) is 0 Å². The molecule has 0 aromatic heterocycles. The minimum absolute atomic E-state index is 0.0937. The highest BCUT2D eigenvalue weighted by atomic mass is 16.5. The average Bonchev–Trinajstić information content (AvgIpc) is 2.22. The van der Waals surface area contributed by atoms with Gasteiger partial charge in [-0.2, -0.15) is 0 Å². The lowest BCUT2D eigenvalue weighted by molar-refractivity contribution is 0.192. The van der Waals surface area contributed by atoms with E-state index in [4.69, 9.17) is 20.7 Å². The summed E-state index contributed by atoms with van der Waals surface area (Å²) in [6, 6.07) is 5.20. The Labute approximate surface area is 82.9 Å². The van der Waals surface area contributed by atoms with Crippen molar-refractivity contribution in [3.05, 3.63) is 23.8 Å². The van der Waals surface area contributed by atoms with Gasteiger partial charge in [-0.05, 0) is 17.7 Å². The standard InChI is InChI=1S/C10H15NO3/c1-14-10-4-7(2-3-9(10)11)8(5-12)6-13/h2-4,8,12-13H,5-6,11H2,1H3. The number of hydrogen-bond acceptors (Lipinski definition) is 4. The molecule has 0 aliphatic carbocycles. The third kappa shape index (κ3) is 2.16. The van der Waals surface area contributed by atoms with Crippen molar-refractivity contribution < 1.29 is 14.9 Å². The molecule has 4 nitrogen and oxygen atoms in total. The van der Waals surface area contributed by atoms with E-state index in [1.165, 1.54) is 7.11 Å². The molecule has 0 saturated carbocycles. The van der Waals surface area contributed by atoms with Crippen molar-refractivity contribution in [2.24, 2.45) is 0 Å². The van der Waals surface area contributed by atoms with Crippen molar-refractivity contribution in [2.75, 3.05) is 26.1 Å². The molecule has 1 rings (SSSR count). The molecule has 0 unspecified atom stereocenters. The van der Waals surface area contributed by atoms with Gasteiger partial charge in [-0.3, -0.25) is 0 Å². The van der Waals surface area contributed by atoms with Gasteiger partial charge in [0, 0.05) is 5.92 Å². The molecule has 14 heavy (non-hydrogen) atoms. The van der Waals surface area contributed by atoms with Gasteiger partial charge in [0.1, 0.15) is 5.75 Å². The van der Waals surface area contributed by atoms with Crippen molar-refractivity contribution in [1.29, 1.82) is 0 Å². The summed E-state index contributed by atoms with van der Waals surface area (Å²) in [6.07, 6.45) is 0. The summed E-state index contributed by atoms with van der Waals surface area (Å²) in [5.74, 6) is 0.291. The Bertz CT molecular complexity index is 297. The monoisotopic (exact) mass is 197 g/mol. The van der Waals surface area contributed by atoms with Gasteiger partial charge in [-0.1, -0.05) is 6.07 Å². The molecule has 4 heteroatoms. The zero-order chi connectivity index (χ0) is 10.6. The zero-order valence-electron chi connectivity index (χ0n) is 8.10. The van der Waals surface area contributed by atoms with Crippen molar-refractivity contribution >= 4 is 5.69 Å². The van der Waals surface area contributed by atoms with Gasteiger partial charge in [-0.15, -0.1) is 0 Å². The largest absolute Gasteiger partial charge is 0.495 e. The average molecular weight is 197 g/mol. The fraction of sp³-hybridized carbons (Fsp3) is 0.400. The summed E-state index contributed by atoms with van der Waals surface area (Å²) >= 11 is 0. The molecule has 78 valence electrons. The second kappa shape index (κ2) is 4.83. The van der Waals surface area contributed by atoms with E-state index >= 15 is 0 Å². The highest BCUT2D eigenvalue weighted by Gasteiger charge is 2.10. The van der Waals surface area contributed by atoms with Gasteiger partial charge in [0.25, 0.3) is 0 Å². The molecule has 0 heterocycles. The predicted octanol–water partition coefficient (Wildman–Crippen LogP) is 0.346. The second-order valence-electron chi connectivity index (χ2n) is 3.06. The lowest BCUT2D eigenvalue weighted by Gasteiger charge is -2.13. The molecular formula is C10H15NO3. The van der Waals surface area contributed by atoms with E-state index in [2.05, 4.69) is 0 Å². The topological polar surface area (TPSA) is 75.7 Å². The first kappa shape index (κ1) is 10.8. The van der Waals surface area contributed by atoms with Crippen molar-refractivity contribution in [3.8, 4) is 5.75 Å². The van der Waals surface area contributed by atoms with Crippen LogP contribution in [0.1, 0.15) is 11.5 Å². The highest BCUT2D eigenvalue weighted by molar-refractivity contribution is 5.54. The van der Waals surface area contributed by atoms with E-state index in [0.29, 0.717) is 11.4 Å². The van der Waals surface area contributed by atoms with Crippen LogP contribution in [0.25, 0.3) is 0 Å². The minimum atomic E-state index is -0.274. The molecular weight excluding hydrogens is 182 g/mol. The van der Waals surface area contributed by atoms with E-state index in [1.54, 1.807) is 18.2 Å². The van der Waals surface area contributed by atoms with Crippen LogP contribution < -0.4 is 10.5 Å². The predicted molar refractivity (Wildman–Crippen MR) is 54.3 cm³/mol. The third-order valence-electron chi connectivity index (χ3n) is 2.17. The molecule has 1 aromatic rings. The van der Waals surface area contributed by atoms with Crippen molar-refractivity contribution in [2.45, 2.75) is 5.92 Å². The SMILES string of the molecule is COc1cc(C(CO)CO)ccc1N. The first-order chi connectivity index (χ1) is 6.72. The maximum atomic E-state index is 8.98. The van der Waals surface area contributed by atoms with Crippen LogP contribution in [0.15, 0.2) is 18.2 Å². The van der Waals surface area contributed by atoms with E-state index in [1.807, 2.05) is 0 Å². The summed E-state index contributed by atoms with van der Waals surface area (Å²) in [4.78, 5) is 0. The van der Waals surface area contributed by atoms with E-state index in [0.717, 1.165) is 5.56 Å². The Morgan fingerprint density at radius 3 is 2.50 bits per heavy atom. The number of methoxy groups -OCH3 is 1. The highest BCUT2D eigenvalue weighted by Crippen LogP contribution is 2.26. The van der Waals surface area contributed by atoms with Gasteiger partial charge in [0.15, 0.2) is 0 Å². The fourth-order valence-electron chi connectivity index (χ4n) is 1.25. The second-order valence-corrected chi connectivity index (χ2v) is 3.06. The number of rotatable bonds is 4. The Hall–Kier alpha value is -1.26. The zero-order valence-corrected chi connectivity index (χ0v) is 8.10. The molecule has 0 aliphatic rings. The Kier molecular flexibility index (Phi) is 3.73. The smallest absolute Gasteiger partial charge is 0.142 e. The number of nitrogen functional groups attached to an aromatic ring is 1. The van der Waals surface area contributed by atoms with Gasteiger partial charge in [0.2, 0.25) is 0 Å². The molecule has 0 aliphatic heterocycles. The van der Waals surface area contributed by atoms with Crippen LogP contribution in [-0.4, -0.2) is 30.5 Å². The molecule has 0 spiro atoms. The van der Waals surface area contributed by atoms with Gasteiger partial charge < -0.3 is 20.7 Å². The molecule has 0 bridgehead atoms. The molecule has 0 fully saturated rings. The molecule has 0 atom stereocenters. The molecule has 1 aromatic carbocycles. The molecule has 0 saturated heterocycles. The van der Waals surface area contributed by atoms with Crippen LogP contribution in [-0.2, 0) is 0 Å². The van der Waals surface area contributed by atoms with Crippen LogP contribution in [0.3, 0.4) is 0 Å². The number of nitrogens with two attached hydrogens (primary N) is 1. The van der Waals surface area contributed by atoms with Crippen molar-refractivity contribution in [3.63, 3.8) is 0 Å². The summed E-state index contributed by atoms with van der Waals surface area (Å²) in [6.45, 7) is -0.187. The number of anilines is 1. The summed E-state index contributed by atoms with van der Waals surface area (Å²) in [5.41, 5.74) is 7.00. The Balaban J connectivity index is 2.98. The summed E-state index contributed by atoms with van der Waals surface area (Å²) < 4.78 is 5.04. The first-order valence-corrected chi connectivity index (χ1v) is 4.38. The van der Waals surface area contributed by atoms with Crippen LogP contribution in [0.2, 0.25) is 0 Å². The van der Waals surface area contributed by atoms with Gasteiger partial charge in [-0.25, -0.2) is 0 Å². The molecule has 4 N–H and O–H groups in total. The number of aliphatic hydroxyl groups excluding tert-OH is 2.